The lowest BCUT2D eigenvalue weighted by molar-refractivity contribution is -0.106. The zero-order valence-corrected chi connectivity index (χ0v) is 8.90. The van der Waals surface area contributed by atoms with Gasteiger partial charge in [-0.1, -0.05) is 34.6 Å². The van der Waals surface area contributed by atoms with E-state index in [1.807, 2.05) is 0 Å². The highest BCUT2D eigenvalue weighted by Gasteiger charge is 2.40. The summed E-state index contributed by atoms with van der Waals surface area (Å²) < 4.78 is 0. The molecule has 0 aromatic rings. The van der Waals surface area contributed by atoms with Crippen LogP contribution < -0.4 is 5.48 Å². The van der Waals surface area contributed by atoms with Gasteiger partial charge in [0.2, 0.25) is 0 Å². The molecule has 1 heterocycles. The average Bonchev–Trinajstić information content (AvgIpc) is 1.83. The van der Waals surface area contributed by atoms with E-state index in [9.17, 15) is 0 Å². The molecule has 0 amide bonds. The molecule has 0 aromatic heterocycles. The molecule has 0 radical (unpaired) electrons. The largest absolute Gasteiger partial charge is 0.301 e. The van der Waals surface area contributed by atoms with Crippen LogP contribution in [0.2, 0.25) is 0 Å². The quantitative estimate of drug-likeness (QED) is 0.604. The third-order valence-electron chi connectivity index (χ3n) is 2.70. The van der Waals surface area contributed by atoms with E-state index >= 15 is 0 Å². The summed E-state index contributed by atoms with van der Waals surface area (Å²) in [4.78, 5) is 5.29. The summed E-state index contributed by atoms with van der Waals surface area (Å²) >= 11 is 0. The Kier molecular flexibility index (Phi) is 2.50. The summed E-state index contributed by atoms with van der Waals surface area (Å²) in [6.07, 6.45) is 1.14. The van der Waals surface area contributed by atoms with Gasteiger partial charge in [0, 0.05) is 6.04 Å². The Labute approximate surface area is 75.6 Å². The molecule has 0 saturated carbocycles. The number of hydrogen-bond donors (Lipinski definition) is 1. The maximum Gasteiger partial charge on any atom is 0.0688 e. The summed E-state index contributed by atoms with van der Waals surface area (Å²) in [5.41, 5.74) is 3.76. The van der Waals surface area contributed by atoms with Crippen molar-refractivity contribution in [3.8, 4) is 0 Å². The minimum Gasteiger partial charge on any atom is -0.301 e. The Hall–Kier alpha value is -0.0800. The molecule has 0 bridgehead atoms. The summed E-state index contributed by atoms with van der Waals surface area (Å²) in [6, 6.07) is 0.443. The monoisotopic (exact) mass is 171 g/mol. The van der Waals surface area contributed by atoms with Crippen LogP contribution in [-0.4, -0.2) is 12.6 Å². The molecule has 1 N–H and O–H groups in total. The van der Waals surface area contributed by atoms with Crippen LogP contribution in [0.25, 0.3) is 0 Å². The van der Waals surface area contributed by atoms with Gasteiger partial charge in [-0.15, -0.1) is 0 Å². The fraction of sp³-hybridized carbons (Fsp3) is 1.00. The van der Waals surface area contributed by atoms with E-state index in [0.29, 0.717) is 11.5 Å². The summed E-state index contributed by atoms with van der Waals surface area (Å²) in [5, 5.41) is 0. The van der Waals surface area contributed by atoms with Crippen molar-refractivity contribution >= 4 is 0 Å². The molecule has 1 unspecified atom stereocenters. The Morgan fingerprint density at radius 3 is 2.25 bits per heavy atom. The van der Waals surface area contributed by atoms with Gasteiger partial charge in [0.15, 0.2) is 0 Å². The highest BCUT2D eigenvalue weighted by atomic mass is 16.6. The van der Waals surface area contributed by atoms with Crippen LogP contribution >= 0.6 is 0 Å². The van der Waals surface area contributed by atoms with Crippen LogP contribution in [-0.2, 0) is 4.84 Å². The molecule has 0 aromatic carbocycles. The van der Waals surface area contributed by atoms with E-state index in [1.165, 1.54) is 0 Å². The van der Waals surface area contributed by atoms with Crippen molar-refractivity contribution in [1.82, 2.24) is 5.48 Å². The Balaban J connectivity index is 2.73. The number of hydrogen-bond acceptors (Lipinski definition) is 2. The molecule has 1 saturated heterocycles. The zero-order chi connectivity index (χ0) is 9.41. The topological polar surface area (TPSA) is 21.3 Å². The molecule has 1 fully saturated rings. The van der Waals surface area contributed by atoms with Crippen LogP contribution in [0, 0.1) is 10.8 Å². The van der Waals surface area contributed by atoms with Crippen molar-refractivity contribution in [2.24, 2.45) is 10.8 Å². The van der Waals surface area contributed by atoms with Crippen molar-refractivity contribution < 1.29 is 4.84 Å². The van der Waals surface area contributed by atoms with Crippen LogP contribution in [0.4, 0.5) is 0 Å². The molecule has 2 heteroatoms. The first-order valence-electron chi connectivity index (χ1n) is 4.71. The Bertz CT molecular complexity index is 158. The molecule has 1 atom stereocenters. The predicted octanol–water partition coefficient (Wildman–Crippen LogP) is 2.35. The third-order valence-corrected chi connectivity index (χ3v) is 2.70. The molecule has 2 nitrogen and oxygen atoms in total. The second-order valence-electron chi connectivity index (χ2n) is 5.50. The maximum atomic E-state index is 5.29. The molecule has 12 heavy (non-hydrogen) atoms. The molecule has 1 aliphatic rings. The van der Waals surface area contributed by atoms with Crippen LogP contribution in [0.3, 0.4) is 0 Å². The lowest BCUT2D eigenvalue weighted by Crippen LogP contribution is -2.54. The van der Waals surface area contributed by atoms with E-state index in [-0.39, 0.29) is 5.41 Å². The molecule has 0 spiro atoms. The fourth-order valence-corrected chi connectivity index (χ4v) is 2.11. The standard InChI is InChI=1S/C10H21NO/c1-9(2,3)8-10(4,5)6-7-12-11-8/h8,11H,6-7H2,1-5H3. The lowest BCUT2D eigenvalue weighted by Gasteiger charge is -2.45. The van der Waals surface area contributed by atoms with Gasteiger partial charge < -0.3 is 4.84 Å². The summed E-state index contributed by atoms with van der Waals surface area (Å²) in [5.74, 6) is 0. The Morgan fingerprint density at radius 1 is 1.33 bits per heavy atom. The number of rotatable bonds is 0. The van der Waals surface area contributed by atoms with Crippen molar-refractivity contribution in [2.75, 3.05) is 6.61 Å². The van der Waals surface area contributed by atoms with E-state index in [1.54, 1.807) is 0 Å². The van der Waals surface area contributed by atoms with E-state index in [4.69, 9.17) is 4.84 Å². The van der Waals surface area contributed by atoms with Crippen LogP contribution in [0.1, 0.15) is 41.0 Å². The van der Waals surface area contributed by atoms with Gasteiger partial charge in [0.1, 0.15) is 0 Å². The second kappa shape index (κ2) is 3.00. The van der Waals surface area contributed by atoms with Crippen molar-refractivity contribution in [3.63, 3.8) is 0 Å². The van der Waals surface area contributed by atoms with Crippen LogP contribution in [0.5, 0.6) is 0 Å². The van der Waals surface area contributed by atoms with Gasteiger partial charge in [-0.05, 0) is 17.3 Å². The smallest absolute Gasteiger partial charge is 0.0688 e. The van der Waals surface area contributed by atoms with Gasteiger partial charge in [0.25, 0.3) is 0 Å². The molecule has 72 valence electrons. The van der Waals surface area contributed by atoms with Gasteiger partial charge in [0.05, 0.1) is 6.61 Å². The Morgan fingerprint density at radius 2 is 1.92 bits per heavy atom. The van der Waals surface area contributed by atoms with Crippen molar-refractivity contribution in [2.45, 2.75) is 47.1 Å². The predicted molar refractivity (Wildman–Crippen MR) is 50.7 cm³/mol. The van der Waals surface area contributed by atoms with Crippen molar-refractivity contribution in [1.29, 1.82) is 0 Å². The second-order valence-corrected chi connectivity index (χ2v) is 5.50. The van der Waals surface area contributed by atoms with Gasteiger partial charge in [-0.3, -0.25) is 0 Å². The maximum absolute atomic E-state index is 5.29. The van der Waals surface area contributed by atoms with E-state index in [2.05, 4.69) is 40.1 Å². The number of nitrogens with one attached hydrogen (secondary N) is 1. The molecule has 0 aliphatic carbocycles. The van der Waals surface area contributed by atoms with Gasteiger partial charge in [-0.25, -0.2) is 0 Å². The molecular weight excluding hydrogens is 150 g/mol. The molecular formula is C10H21NO. The summed E-state index contributed by atoms with van der Waals surface area (Å²) in [6.45, 7) is 12.2. The first-order valence-corrected chi connectivity index (χ1v) is 4.71. The summed E-state index contributed by atoms with van der Waals surface area (Å²) in [7, 11) is 0. The molecule has 1 rings (SSSR count). The van der Waals surface area contributed by atoms with Crippen molar-refractivity contribution in [3.05, 3.63) is 0 Å². The lowest BCUT2D eigenvalue weighted by atomic mass is 9.69. The zero-order valence-electron chi connectivity index (χ0n) is 8.90. The van der Waals surface area contributed by atoms with Gasteiger partial charge >= 0.3 is 0 Å². The molecule has 1 aliphatic heterocycles. The third kappa shape index (κ3) is 1.99. The highest BCUT2D eigenvalue weighted by Crippen LogP contribution is 2.38. The first kappa shape index (κ1) is 10.0. The van der Waals surface area contributed by atoms with E-state index in [0.717, 1.165) is 13.0 Å². The van der Waals surface area contributed by atoms with E-state index < -0.39 is 0 Å². The normalized spacial score (nSPS) is 30.2. The SMILES string of the molecule is CC(C)(C)C1NOCCC1(C)C. The highest BCUT2D eigenvalue weighted by molar-refractivity contribution is 4.92. The average molecular weight is 171 g/mol. The minimum atomic E-state index is 0.268. The minimum absolute atomic E-state index is 0.268. The number of hydroxylamine groups is 1. The van der Waals surface area contributed by atoms with Gasteiger partial charge in [-0.2, -0.15) is 5.48 Å². The fourth-order valence-electron chi connectivity index (χ4n) is 2.11. The first-order chi connectivity index (χ1) is 5.34. The van der Waals surface area contributed by atoms with Crippen LogP contribution in [0.15, 0.2) is 0 Å².